The topological polar surface area (TPSA) is 0 Å². The monoisotopic (exact) mass is 578 g/mol. The minimum atomic E-state index is -0.385. The van der Waals surface area contributed by atoms with Crippen molar-refractivity contribution >= 4 is 5.57 Å². The average molecular weight is 580 g/mol. The summed E-state index contributed by atoms with van der Waals surface area (Å²) in [5.41, 5.74) is 11.6. The van der Waals surface area contributed by atoms with E-state index in [1.165, 1.54) is 54.0 Å². The Labute approximate surface area is 251 Å². The number of aryl methyl sites for hydroxylation is 3. The molecule has 1 aliphatic carbocycles. The number of hydrogen-bond donors (Lipinski definition) is 0. The van der Waals surface area contributed by atoms with Crippen LogP contribution in [-0.2, 0) is 25.9 Å². The summed E-state index contributed by atoms with van der Waals surface area (Å²) >= 11 is 2.27. The summed E-state index contributed by atoms with van der Waals surface area (Å²) in [4.78, 5) is 0. The zero-order chi connectivity index (χ0) is 23.7. The predicted octanol–water partition coefficient (Wildman–Crippen LogP) is -0.754. The van der Waals surface area contributed by atoms with Gasteiger partial charge in [0.25, 0.3) is 0 Å². The van der Waals surface area contributed by atoms with Gasteiger partial charge in [-0.05, 0) is 0 Å². The number of hydrogen-bond acceptors (Lipinski definition) is 0. The van der Waals surface area contributed by atoms with Crippen LogP contribution in [0.1, 0.15) is 45.4 Å². The van der Waals surface area contributed by atoms with Crippen molar-refractivity contribution in [1.82, 2.24) is 0 Å². The van der Waals surface area contributed by atoms with Gasteiger partial charge in [-0.2, -0.15) is 0 Å². The van der Waals surface area contributed by atoms with Crippen molar-refractivity contribution in [3.63, 3.8) is 0 Å². The molecule has 1 aliphatic rings. The van der Waals surface area contributed by atoms with E-state index in [0.717, 1.165) is 6.42 Å². The van der Waals surface area contributed by atoms with Crippen LogP contribution in [0.2, 0.25) is 0 Å². The predicted molar refractivity (Wildman–Crippen MR) is 139 cm³/mol. The minimum Gasteiger partial charge on any atom is -1.00 e. The second kappa shape index (κ2) is 13.1. The Kier molecular flexibility index (Phi) is 11.1. The molecule has 4 aromatic rings. The summed E-state index contributed by atoms with van der Waals surface area (Å²) in [7, 11) is 0. The average Bonchev–Trinajstić information content (AvgIpc) is 3.22. The SMILES string of the molecule is Cc1cccc(C(C2=C(c3ccccc3)[C]([Ti+3])=CC2)(c2cccc(C)c2)c2cccc(C)c2)c1.[Cl-].[Cl-].[Cl-]. The Morgan fingerprint density at radius 2 is 1.00 bits per heavy atom. The zero-order valence-corrected chi connectivity index (χ0v) is 25.1. The van der Waals surface area contributed by atoms with E-state index < -0.39 is 0 Å². The van der Waals surface area contributed by atoms with Crippen molar-refractivity contribution in [2.45, 2.75) is 32.6 Å². The molecule has 0 fully saturated rings. The summed E-state index contributed by atoms with van der Waals surface area (Å²) in [5, 5.41) is 0. The van der Waals surface area contributed by atoms with E-state index in [2.05, 4.69) is 150 Å². The van der Waals surface area contributed by atoms with Crippen molar-refractivity contribution in [2.75, 3.05) is 0 Å². The van der Waals surface area contributed by atoms with E-state index in [-0.39, 0.29) is 42.6 Å². The van der Waals surface area contributed by atoms with Crippen molar-refractivity contribution in [2.24, 2.45) is 0 Å². The van der Waals surface area contributed by atoms with E-state index in [1.54, 1.807) is 0 Å². The van der Waals surface area contributed by atoms with Gasteiger partial charge in [0, 0.05) is 0 Å². The van der Waals surface area contributed by atoms with Crippen molar-refractivity contribution < 1.29 is 57.7 Å². The summed E-state index contributed by atoms with van der Waals surface area (Å²) in [6, 6.07) is 38.3. The molecule has 0 N–H and O–H groups in total. The Morgan fingerprint density at radius 3 is 1.41 bits per heavy atom. The maximum Gasteiger partial charge on any atom is -1.00 e. The van der Waals surface area contributed by atoms with Crippen molar-refractivity contribution in [1.29, 1.82) is 0 Å². The van der Waals surface area contributed by atoms with Gasteiger partial charge in [0.1, 0.15) is 0 Å². The van der Waals surface area contributed by atoms with Gasteiger partial charge in [0.15, 0.2) is 0 Å². The first-order valence-corrected chi connectivity index (χ1v) is 12.7. The molecule has 0 radical (unpaired) electrons. The minimum absolute atomic E-state index is 0. The van der Waals surface area contributed by atoms with Crippen LogP contribution in [-0.4, -0.2) is 0 Å². The van der Waals surface area contributed by atoms with Gasteiger partial charge in [0.2, 0.25) is 0 Å². The van der Waals surface area contributed by atoms with Gasteiger partial charge in [-0.25, -0.2) is 0 Å². The Hall–Kier alpha value is -2.06. The van der Waals surface area contributed by atoms with Gasteiger partial charge in [-0.3, -0.25) is 0 Å². The molecule has 0 atom stereocenters. The number of halogens is 3. The third-order valence-corrected chi connectivity index (χ3v) is 7.66. The molecule has 0 aliphatic heterocycles. The maximum atomic E-state index is 2.41. The number of allylic oxidation sites excluding steroid dienone is 4. The summed E-state index contributed by atoms with van der Waals surface area (Å²) in [6.07, 6.45) is 3.35. The Balaban J connectivity index is 0.00000160. The summed E-state index contributed by atoms with van der Waals surface area (Å²) in [5.74, 6) is 0. The van der Waals surface area contributed by atoms with Crippen molar-refractivity contribution in [3.05, 3.63) is 158 Å². The fourth-order valence-electron chi connectivity index (χ4n) is 5.50. The van der Waals surface area contributed by atoms with Crippen LogP contribution < -0.4 is 37.2 Å². The van der Waals surface area contributed by atoms with Crippen LogP contribution in [0.5, 0.6) is 0 Å². The van der Waals surface area contributed by atoms with E-state index in [0.29, 0.717) is 0 Å². The molecule has 5 rings (SSSR count). The molecule has 0 bridgehead atoms. The molecule has 4 aromatic carbocycles. The molecule has 0 unspecified atom stereocenters. The fourth-order valence-corrected chi connectivity index (χ4v) is 6.12. The van der Waals surface area contributed by atoms with Gasteiger partial charge >= 0.3 is 216 Å². The molecule has 0 spiro atoms. The van der Waals surface area contributed by atoms with Crippen molar-refractivity contribution in [3.8, 4) is 0 Å². The number of benzene rings is 4. The first-order chi connectivity index (χ1) is 16.5. The zero-order valence-electron chi connectivity index (χ0n) is 21.2. The standard InChI is InChI=1S/C33H29.3ClH.Ti/c1-24-11-7-16-28(21-24)33(29-17-8-12-25(2)22-29,30-18-9-13-26(3)23-30)32-20-10-19-31(32)27-14-5-4-6-15-27;;;;/h4-18,21-23H,20H2,1-3H3;3*1H;/q;;;;+3/p-3. The smallest absolute Gasteiger partial charge is 1.00 e. The molecule has 0 saturated carbocycles. The second-order valence-corrected chi connectivity index (χ2v) is 10.2. The quantitative estimate of drug-likeness (QED) is 0.216. The van der Waals surface area contributed by atoms with Gasteiger partial charge in [-0.15, -0.1) is 0 Å². The third kappa shape index (κ3) is 5.85. The molecule has 0 aromatic heterocycles. The first-order valence-electron chi connectivity index (χ1n) is 11.9. The van der Waals surface area contributed by atoms with Crippen LogP contribution in [0.15, 0.2) is 119 Å². The van der Waals surface area contributed by atoms with Crippen LogP contribution in [0.25, 0.3) is 5.57 Å². The first kappa shape index (κ1) is 31.2. The fraction of sp³-hybridized carbons (Fsp3) is 0.152. The molecule has 37 heavy (non-hydrogen) atoms. The molecule has 0 saturated heterocycles. The molecule has 4 heteroatoms. The molecule has 0 amide bonds. The molecule has 0 nitrogen and oxygen atoms in total. The van der Waals surface area contributed by atoms with Gasteiger partial charge < -0.3 is 37.2 Å². The summed E-state index contributed by atoms with van der Waals surface area (Å²) in [6.45, 7) is 6.60. The van der Waals surface area contributed by atoms with E-state index in [9.17, 15) is 0 Å². The van der Waals surface area contributed by atoms with Crippen LogP contribution >= 0.6 is 0 Å². The third-order valence-electron chi connectivity index (χ3n) is 6.95. The van der Waals surface area contributed by atoms with E-state index in [1.807, 2.05) is 0 Å². The van der Waals surface area contributed by atoms with E-state index >= 15 is 0 Å². The van der Waals surface area contributed by atoms with Crippen LogP contribution in [0.3, 0.4) is 0 Å². The molecular weight excluding hydrogens is 551 g/mol. The van der Waals surface area contributed by atoms with Crippen LogP contribution in [0, 0.1) is 20.8 Å². The largest absolute Gasteiger partial charge is 1.00 e. The Morgan fingerprint density at radius 1 is 0.568 bits per heavy atom. The van der Waals surface area contributed by atoms with Crippen LogP contribution in [0.4, 0.5) is 0 Å². The van der Waals surface area contributed by atoms with Gasteiger partial charge in [0.05, 0.1) is 0 Å². The van der Waals surface area contributed by atoms with Gasteiger partial charge in [-0.1, -0.05) is 0 Å². The maximum absolute atomic E-state index is 2.41. The molecule has 0 heterocycles. The normalized spacial score (nSPS) is 12.7. The summed E-state index contributed by atoms with van der Waals surface area (Å²) < 4.78 is 1.36. The Bertz CT molecular complexity index is 1310. The second-order valence-electron chi connectivity index (χ2n) is 9.40. The number of rotatable bonds is 5. The molecular formula is C33H29Cl3Ti. The molecule has 186 valence electrons. The van der Waals surface area contributed by atoms with E-state index in [4.69, 9.17) is 0 Å².